The van der Waals surface area contributed by atoms with Gasteiger partial charge in [0.05, 0.1) is 11.5 Å². The van der Waals surface area contributed by atoms with Crippen molar-refractivity contribution in [1.29, 1.82) is 0 Å². The van der Waals surface area contributed by atoms with Crippen LogP contribution in [-0.4, -0.2) is 34.1 Å². The Morgan fingerprint density at radius 1 is 1.00 bits per heavy atom. The summed E-state index contributed by atoms with van der Waals surface area (Å²) in [7, 11) is 0. The Morgan fingerprint density at radius 2 is 1.71 bits per heavy atom. The molecule has 0 aliphatic carbocycles. The van der Waals surface area contributed by atoms with Crippen molar-refractivity contribution >= 4 is 29.4 Å². The van der Waals surface area contributed by atoms with Gasteiger partial charge in [0.2, 0.25) is 5.91 Å². The van der Waals surface area contributed by atoms with Crippen molar-refractivity contribution in [1.82, 2.24) is 15.8 Å². The number of carbonyl (C=O) groups excluding carboxylic acids is 2. The van der Waals surface area contributed by atoms with E-state index in [4.69, 9.17) is 0 Å². The van der Waals surface area contributed by atoms with Crippen LogP contribution in [0.2, 0.25) is 0 Å². The van der Waals surface area contributed by atoms with Crippen LogP contribution in [0.3, 0.4) is 0 Å². The summed E-state index contributed by atoms with van der Waals surface area (Å²) in [5.74, 6) is -0.431. The van der Waals surface area contributed by atoms with E-state index in [9.17, 15) is 19.7 Å². The number of hydrazine groups is 1. The fraction of sp³-hybridized carbons (Fsp3) is 0.0800. The summed E-state index contributed by atoms with van der Waals surface area (Å²) < 4.78 is 0. The van der Waals surface area contributed by atoms with Crippen molar-refractivity contribution in [3.05, 3.63) is 117 Å². The number of rotatable bonds is 8. The van der Waals surface area contributed by atoms with Crippen molar-refractivity contribution in [3.8, 4) is 0 Å². The Kier molecular flexibility index (Phi) is 6.85. The zero-order chi connectivity index (χ0) is 23.9. The monoisotopic (exact) mass is 455 g/mol. The molecule has 0 saturated heterocycles. The molecule has 34 heavy (non-hydrogen) atoms. The lowest BCUT2D eigenvalue weighted by atomic mass is 10.1. The molecule has 1 aliphatic rings. The van der Waals surface area contributed by atoms with Crippen LogP contribution in [0, 0.1) is 10.1 Å². The first kappa shape index (κ1) is 22.6. The Balaban J connectivity index is 1.52. The highest BCUT2D eigenvalue weighted by atomic mass is 16.6. The van der Waals surface area contributed by atoms with E-state index in [2.05, 4.69) is 15.7 Å². The second kappa shape index (κ2) is 10.3. The van der Waals surface area contributed by atoms with Crippen LogP contribution < -0.4 is 10.7 Å². The van der Waals surface area contributed by atoms with Crippen LogP contribution in [0.5, 0.6) is 0 Å². The molecule has 0 atom stereocenters. The summed E-state index contributed by atoms with van der Waals surface area (Å²) in [5, 5.41) is 15.1. The molecular weight excluding hydrogens is 434 g/mol. The van der Waals surface area contributed by atoms with E-state index in [0.29, 0.717) is 23.5 Å². The number of nitrogens with one attached hydrogen (secondary N) is 2. The third-order valence-electron chi connectivity index (χ3n) is 5.01. The van der Waals surface area contributed by atoms with Crippen molar-refractivity contribution < 1.29 is 14.5 Å². The average Bonchev–Trinajstić information content (AvgIpc) is 3.17. The van der Waals surface area contributed by atoms with Gasteiger partial charge in [0.25, 0.3) is 11.6 Å². The molecule has 0 bridgehead atoms. The Morgan fingerprint density at radius 3 is 2.41 bits per heavy atom. The standard InChI is InChI=1S/C25H21N5O4/c31-23(26-16-18-8-3-1-4-9-18)17-27-29-24(20-11-5-2-6-12-20)28-22(25(29)32)15-19-10-7-13-21(14-19)30(33)34/h1-15,27H,16-17H2,(H,26,31)/b22-15-. The van der Waals surface area contributed by atoms with Crippen LogP contribution in [0.1, 0.15) is 16.7 Å². The average molecular weight is 455 g/mol. The number of hydrogen-bond donors (Lipinski definition) is 2. The molecule has 4 rings (SSSR count). The lowest BCUT2D eigenvalue weighted by molar-refractivity contribution is -0.384. The quantitative estimate of drug-likeness (QED) is 0.308. The summed E-state index contributed by atoms with van der Waals surface area (Å²) >= 11 is 0. The second-order valence-electron chi connectivity index (χ2n) is 7.42. The number of nitro groups is 1. The van der Waals surface area contributed by atoms with Crippen molar-refractivity contribution in [2.75, 3.05) is 6.54 Å². The Hall–Kier alpha value is -4.63. The van der Waals surface area contributed by atoms with Crippen LogP contribution in [0.15, 0.2) is 95.6 Å². The molecule has 3 aromatic rings. The number of non-ortho nitro benzene ring substituents is 1. The predicted molar refractivity (Wildman–Crippen MR) is 127 cm³/mol. The number of amides is 2. The first-order valence-electron chi connectivity index (χ1n) is 10.5. The van der Waals surface area contributed by atoms with Gasteiger partial charge in [0, 0.05) is 24.2 Å². The maximum absolute atomic E-state index is 13.1. The Labute approximate surface area is 195 Å². The molecule has 0 spiro atoms. The maximum atomic E-state index is 13.1. The molecule has 9 nitrogen and oxygen atoms in total. The molecule has 0 radical (unpaired) electrons. The minimum atomic E-state index is -0.501. The van der Waals surface area contributed by atoms with E-state index < -0.39 is 10.8 Å². The van der Waals surface area contributed by atoms with Crippen molar-refractivity contribution in [2.24, 2.45) is 4.99 Å². The molecule has 9 heteroatoms. The van der Waals surface area contributed by atoms with Crippen LogP contribution >= 0.6 is 0 Å². The van der Waals surface area contributed by atoms with E-state index in [0.717, 1.165) is 5.56 Å². The molecule has 1 heterocycles. The topological polar surface area (TPSA) is 117 Å². The first-order valence-corrected chi connectivity index (χ1v) is 10.5. The summed E-state index contributed by atoms with van der Waals surface area (Å²) in [6.07, 6.45) is 1.48. The molecule has 0 aromatic heterocycles. The van der Waals surface area contributed by atoms with Gasteiger partial charge in [-0.2, -0.15) is 0 Å². The number of carbonyl (C=O) groups is 2. The highest BCUT2D eigenvalue weighted by Gasteiger charge is 2.31. The van der Waals surface area contributed by atoms with Crippen molar-refractivity contribution in [2.45, 2.75) is 6.54 Å². The molecule has 0 saturated carbocycles. The van der Waals surface area contributed by atoms with E-state index >= 15 is 0 Å². The molecule has 1 aliphatic heterocycles. The number of hydrogen-bond acceptors (Lipinski definition) is 6. The van der Waals surface area contributed by atoms with E-state index in [1.165, 1.54) is 23.2 Å². The minimum Gasteiger partial charge on any atom is -0.351 e. The van der Waals surface area contributed by atoms with Crippen LogP contribution in [0.4, 0.5) is 5.69 Å². The summed E-state index contributed by atoms with van der Waals surface area (Å²) in [4.78, 5) is 40.5. The van der Waals surface area contributed by atoms with E-state index in [-0.39, 0.29) is 23.8 Å². The van der Waals surface area contributed by atoms with Gasteiger partial charge >= 0.3 is 0 Å². The highest BCUT2D eigenvalue weighted by Crippen LogP contribution is 2.22. The van der Waals surface area contributed by atoms with Crippen LogP contribution in [-0.2, 0) is 16.1 Å². The fourth-order valence-electron chi connectivity index (χ4n) is 3.34. The zero-order valence-electron chi connectivity index (χ0n) is 18.0. The molecular formula is C25H21N5O4. The van der Waals surface area contributed by atoms with E-state index in [1.807, 2.05) is 48.5 Å². The van der Waals surface area contributed by atoms with Gasteiger partial charge in [-0.1, -0.05) is 72.8 Å². The Bertz CT molecular complexity index is 1270. The smallest absolute Gasteiger partial charge is 0.292 e. The zero-order valence-corrected chi connectivity index (χ0v) is 18.0. The van der Waals surface area contributed by atoms with Gasteiger partial charge in [0.15, 0.2) is 5.84 Å². The van der Waals surface area contributed by atoms with Gasteiger partial charge in [0.1, 0.15) is 5.70 Å². The largest absolute Gasteiger partial charge is 0.351 e. The highest BCUT2D eigenvalue weighted by molar-refractivity contribution is 6.19. The number of benzene rings is 3. The predicted octanol–water partition coefficient (Wildman–Crippen LogP) is 3.05. The molecule has 0 fully saturated rings. The third-order valence-corrected chi connectivity index (χ3v) is 5.01. The van der Waals surface area contributed by atoms with Gasteiger partial charge < -0.3 is 5.32 Å². The SMILES string of the molecule is O=C(CNN1C(=O)/C(=C/c2cccc([N+](=O)[O-])c2)N=C1c1ccccc1)NCc1ccccc1. The summed E-state index contributed by atoms with van der Waals surface area (Å²) in [6.45, 7) is 0.224. The fourth-order valence-corrected chi connectivity index (χ4v) is 3.34. The first-order chi connectivity index (χ1) is 16.5. The van der Waals surface area contributed by atoms with Gasteiger partial charge in [-0.15, -0.1) is 0 Å². The second-order valence-corrected chi connectivity index (χ2v) is 7.42. The lowest BCUT2D eigenvalue weighted by Crippen LogP contribution is -2.48. The van der Waals surface area contributed by atoms with Crippen LogP contribution in [0.25, 0.3) is 6.08 Å². The molecule has 0 unspecified atom stereocenters. The summed E-state index contributed by atoms with van der Waals surface area (Å²) in [5.41, 5.74) is 4.97. The lowest BCUT2D eigenvalue weighted by Gasteiger charge is -2.19. The molecule has 170 valence electrons. The minimum absolute atomic E-state index is 0.0860. The molecule has 2 N–H and O–H groups in total. The maximum Gasteiger partial charge on any atom is 0.292 e. The summed E-state index contributed by atoms with van der Waals surface area (Å²) in [6, 6.07) is 24.5. The number of aliphatic imine (C=N–C) groups is 1. The number of amidine groups is 1. The van der Waals surface area contributed by atoms with Crippen molar-refractivity contribution in [3.63, 3.8) is 0 Å². The van der Waals surface area contributed by atoms with Gasteiger partial charge in [-0.25, -0.2) is 15.4 Å². The molecule has 2 amide bonds. The normalized spacial score (nSPS) is 14.2. The van der Waals surface area contributed by atoms with Gasteiger partial charge in [-0.05, 0) is 17.2 Å². The molecule has 3 aromatic carbocycles. The number of nitrogens with zero attached hydrogens (tertiary/aromatic N) is 3. The van der Waals surface area contributed by atoms with E-state index in [1.54, 1.807) is 24.3 Å². The van der Waals surface area contributed by atoms with Gasteiger partial charge in [-0.3, -0.25) is 19.7 Å². The third kappa shape index (κ3) is 5.40. The number of nitro benzene ring substituents is 1.